The molecule has 1 aliphatic heterocycles. The van der Waals surface area contributed by atoms with Gasteiger partial charge in [0, 0.05) is 20.1 Å². The van der Waals surface area contributed by atoms with E-state index in [-0.39, 0.29) is 24.0 Å². The summed E-state index contributed by atoms with van der Waals surface area (Å²) in [5, 5.41) is 6.72. The zero-order chi connectivity index (χ0) is 13.9. The molecular weight excluding hydrogens is 365 g/mol. The summed E-state index contributed by atoms with van der Waals surface area (Å²) < 4.78 is 5.30. The van der Waals surface area contributed by atoms with Crippen molar-refractivity contribution in [3.05, 3.63) is 11.6 Å². The standard InChI is InChI=1S/C15H29N3O.HI/c1-13(2)5-4-9-17-15(16-3)18-10-6-14-7-11-19-12-8-14;/h7,13H,4-6,8-12H2,1-3H3,(H2,16,17,18);1H. The number of nitrogens with one attached hydrogen (secondary N) is 2. The number of hydrogen-bond donors (Lipinski definition) is 2. The summed E-state index contributed by atoms with van der Waals surface area (Å²) in [5.41, 5.74) is 1.49. The Morgan fingerprint density at radius 3 is 2.70 bits per heavy atom. The molecule has 0 saturated carbocycles. The predicted octanol–water partition coefficient (Wildman–Crippen LogP) is 2.94. The van der Waals surface area contributed by atoms with E-state index < -0.39 is 0 Å². The highest BCUT2D eigenvalue weighted by Crippen LogP contribution is 2.10. The lowest BCUT2D eigenvalue weighted by molar-refractivity contribution is 0.153. The summed E-state index contributed by atoms with van der Waals surface area (Å²) in [4.78, 5) is 4.24. The van der Waals surface area contributed by atoms with Gasteiger partial charge in [-0.05, 0) is 31.6 Å². The van der Waals surface area contributed by atoms with Crippen LogP contribution in [-0.2, 0) is 4.74 Å². The summed E-state index contributed by atoms with van der Waals surface area (Å²) in [6.45, 7) is 8.10. The van der Waals surface area contributed by atoms with Gasteiger partial charge in [0.05, 0.1) is 13.2 Å². The zero-order valence-corrected chi connectivity index (χ0v) is 15.4. The Bertz CT molecular complexity index is 303. The Morgan fingerprint density at radius 1 is 1.35 bits per heavy atom. The highest BCUT2D eigenvalue weighted by Gasteiger charge is 2.04. The molecule has 1 heterocycles. The highest BCUT2D eigenvalue weighted by molar-refractivity contribution is 14.0. The van der Waals surface area contributed by atoms with Crippen LogP contribution in [0, 0.1) is 5.92 Å². The molecule has 5 heteroatoms. The van der Waals surface area contributed by atoms with E-state index in [4.69, 9.17) is 4.74 Å². The maximum Gasteiger partial charge on any atom is 0.190 e. The molecule has 0 fully saturated rings. The van der Waals surface area contributed by atoms with E-state index in [1.165, 1.54) is 18.4 Å². The van der Waals surface area contributed by atoms with Crippen LogP contribution in [0.15, 0.2) is 16.6 Å². The molecule has 0 aromatic rings. The number of halogens is 1. The van der Waals surface area contributed by atoms with Crippen LogP contribution in [-0.4, -0.2) is 39.3 Å². The SMILES string of the molecule is CN=C(NCCCC(C)C)NCCC1=CCOCC1.I. The van der Waals surface area contributed by atoms with Gasteiger partial charge in [-0.2, -0.15) is 0 Å². The molecular formula is C15H30IN3O. The van der Waals surface area contributed by atoms with Gasteiger partial charge in [-0.15, -0.1) is 24.0 Å². The largest absolute Gasteiger partial charge is 0.377 e. The van der Waals surface area contributed by atoms with E-state index in [1.54, 1.807) is 0 Å². The summed E-state index contributed by atoms with van der Waals surface area (Å²) in [6.07, 6.45) is 6.81. The molecule has 0 aromatic heterocycles. The molecule has 0 bridgehead atoms. The van der Waals surface area contributed by atoms with Gasteiger partial charge < -0.3 is 15.4 Å². The normalized spacial score (nSPS) is 15.6. The number of nitrogens with zero attached hydrogens (tertiary/aromatic N) is 1. The monoisotopic (exact) mass is 395 g/mol. The van der Waals surface area contributed by atoms with Crippen LogP contribution in [0.1, 0.15) is 39.5 Å². The molecule has 0 aromatic carbocycles. The van der Waals surface area contributed by atoms with Crippen LogP contribution in [0.2, 0.25) is 0 Å². The molecule has 0 saturated heterocycles. The van der Waals surface area contributed by atoms with Crippen LogP contribution in [0.3, 0.4) is 0 Å². The quantitative estimate of drug-likeness (QED) is 0.229. The third-order valence-electron chi connectivity index (χ3n) is 3.27. The number of guanidine groups is 1. The van der Waals surface area contributed by atoms with Crippen molar-refractivity contribution >= 4 is 29.9 Å². The molecule has 0 atom stereocenters. The average molecular weight is 395 g/mol. The molecule has 0 aliphatic carbocycles. The minimum absolute atomic E-state index is 0. The number of rotatable bonds is 7. The average Bonchev–Trinajstić information content (AvgIpc) is 2.42. The molecule has 4 nitrogen and oxygen atoms in total. The van der Waals surface area contributed by atoms with Crippen LogP contribution in [0.5, 0.6) is 0 Å². The smallest absolute Gasteiger partial charge is 0.190 e. The van der Waals surface area contributed by atoms with E-state index in [1.807, 2.05) is 7.05 Å². The minimum Gasteiger partial charge on any atom is -0.377 e. The third kappa shape index (κ3) is 9.58. The Morgan fingerprint density at radius 2 is 2.10 bits per heavy atom. The first kappa shape index (κ1) is 19.7. The molecule has 1 rings (SSSR count). The van der Waals surface area contributed by atoms with E-state index in [0.717, 1.165) is 51.0 Å². The Hall–Kier alpha value is -0.300. The van der Waals surface area contributed by atoms with Gasteiger partial charge in [0.25, 0.3) is 0 Å². The second kappa shape index (κ2) is 12.4. The molecule has 20 heavy (non-hydrogen) atoms. The Balaban J connectivity index is 0.00000361. The summed E-state index contributed by atoms with van der Waals surface area (Å²) in [6, 6.07) is 0. The molecule has 0 unspecified atom stereocenters. The topological polar surface area (TPSA) is 45.7 Å². The first-order valence-electron chi connectivity index (χ1n) is 7.42. The van der Waals surface area contributed by atoms with Gasteiger partial charge in [0.1, 0.15) is 0 Å². The van der Waals surface area contributed by atoms with E-state index in [9.17, 15) is 0 Å². The fraction of sp³-hybridized carbons (Fsp3) is 0.800. The maximum absolute atomic E-state index is 5.30. The van der Waals surface area contributed by atoms with Crippen molar-refractivity contribution in [1.29, 1.82) is 0 Å². The second-order valence-electron chi connectivity index (χ2n) is 5.40. The third-order valence-corrected chi connectivity index (χ3v) is 3.27. The number of ether oxygens (including phenoxy) is 1. The van der Waals surface area contributed by atoms with E-state index >= 15 is 0 Å². The van der Waals surface area contributed by atoms with E-state index in [0.29, 0.717) is 0 Å². The fourth-order valence-corrected chi connectivity index (χ4v) is 2.07. The predicted molar refractivity (Wildman–Crippen MR) is 97.0 cm³/mol. The van der Waals surface area contributed by atoms with Crippen molar-refractivity contribution in [3.63, 3.8) is 0 Å². The van der Waals surface area contributed by atoms with Gasteiger partial charge in [-0.1, -0.05) is 25.5 Å². The van der Waals surface area contributed by atoms with Gasteiger partial charge in [0.15, 0.2) is 5.96 Å². The molecule has 0 radical (unpaired) electrons. The van der Waals surface area contributed by atoms with Crippen molar-refractivity contribution in [1.82, 2.24) is 10.6 Å². The van der Waals surface area contributed by atoms with Crippen molar-refractivity contribution in [2.75, 3.05) is 33.4 Å². The lowest BCUT2D eigenvalue weighted by Gasteiger charge is -2.15. The van der Waals surface area contributed by atoms with Gasteiger partial charge in [0.2, 0.25) is 0 Å². The summed E-state index contributed by atoms with van der Waals surface area (Å²) in [5.74, 6) is 1.69. The van der Waals surface area contributed by atoms with Crippen LogP contribution in [0.4, 0.5) is 0 Å². The second-order valence-corrected chi connectivity index (χ2v) is 5.40. The molecule has 0 amide bonds. The van der Waals surface area contributed by atoms with Gasteiger partial charge in [-0.25, -0.2) is 0 Å². The van der Waals surface area contributed by atoms with Crippen LogP contribution in [0.25, 0.3) is 0 Å². The van der Waals surface area contributed by atoms with Crippen molar-refractivity contribution < 1.29 is 4.74 Å². The summed E-state index contributed by atoms with van der Waals surface area (Å²) in [7, 11) is 1.82. The Kier molecular flexibility index (Phi) is 12.3. The highest BCUT2D eigenvalue weighted by atomic mass is 127. The maximum atomic E-state index is 5.30. The van der Waals surface area contributed by atoms with Gasteiger partial charge >= 0.3 is 0 Å². The van der Waals surface area contributed by atoms with E-state index in [2.05, 4.69) is 35.5 Å². The van der Waals surface area contributed by atoms with Gasteiger partial charge in [-0.3, -0.25) is 4.99 Å². The van der Waals surface area contributed by atoms with Crippen LogP contribution >= 0.6 is 24.0 Å². The van der Waals surface area contributed by atoms with Crippen molar-refractivity contribution in [2.45, 2.75) is 39.5 Å². The first-order valence-corrected chi connectivity index (χ1v) is 7.42. The molecule has 1 aliphatic rings. The minimum atomic E-state index is 0. The lowest BCUT2D eigenvalue weighted by Crippen LogP contribution is -2.38. The number of aliphatic imine (C=N–C) groups is 1. The Labute approximate surface area is 140 Å². The van der Waals surface area contributed by atoms with Crippen molar-refractivity contribution in [2.24, 2.45) is 10.9 Å². The number of hydrogen-bond acceptors (Lipinski definition) is 2. The first-order chi connectivity index (χ1) is 9.22. The summed E-state index contributed by atoms with van der Waals surface area (Å²) >= 11 is 0. The molecule has 118 valence electrons. The fourth-order valence-electron chi connectivity index (χ4n) is 2.07. The van der Waals surface area contributed by atoms with Crippen LogP contribution < -0.4 is 10.6 Å². The zero-order valence-electron chi connectivity index (χ0n) is 13.1. The molecule has 2 N–H and O–H groups in total. The lowest BCUT2D eigenvalue weighted by atomic mass is 10.1. The molecule has 0 spiro atoms. The van der Waals surface area contributed by atoms with Crippen molar-refractivity contribution in [3.8, 4) is 0 Å².